The molecule has 7 nitrogen and oxygen atoms in total. The minimum Gasteiger partial charge on any atom is -0.494 e. The number of rotatable bonds is 8. The number of nitrogens with one attached hydrogen (secondary N) is 1. The predicted octanol–water partition coefficient (Wildman–Crippen LogP) is 4.04. The van der Waals surface area contributed by atoms with E-state index in [9.17, 15) is 9.59 Å². The van der Waals surface area contributed by atoms with E-state index in [1.54, 1.807) is 18.2 Å². The molecule has 0 aliphatic carbocycles. The number of hydrogen-bond acceptors (Lipinski definition) is 5. The van der Waals surface area contributed by atoms with Gasteiger partial charge < -0.3 is 24.6 Å². The summed E-state index contributed by atoms with van der Waals surface area (Å²) in [7, 11) is 0. The van der Waals surface area contributed by atoms with Crippen LogP contribution in [0.3, 0.4) is 0 Å². The van der Waals surface area contributed by atoms with Gasteiger partial charge in [-0.1, -0.05) is 13.8 Å². The van der Waals surface area contributed by atoms with Crippen LogP contribution < -0.4 is 19.7 Å². The largest absolute Gasteiger partial charge is 0.494 e. The fraction of sp³-hybridized carbons (Fsp3) is 0.440. The quantitative estimate of drug-likeness (QED) is 0.672. The molecule has 0 spiro atoms. The maximum atomic E-state index is 12.8. The van der Waals surface area contributed by atoms with Crippen molar-refractivity contribution in [2.24, 2.45) is 5.92 Å². The summed E-state index contributed by atoms with van der Waals surface area (Å²) in [6.45, 7) is 11.8. The molecule has 172 valence electrons. The van der Waals surface area contributed by atoms with E-state index < -0.39 is 0 Å². The van der Waals surface area contributed by atoms with Crippen LogP contribution in [-0.4, -0.2) is 56.1 Å². The fourth-order valence-electron chi connectivity index (χ4n) is 3.71. The van der Waals surface area contributed by atoms with Gasteiger partial charge in [0.15, 0.2) is 0 Å². The lowest BCUT2D eigenvalue weighted by Crippen LogP contribution is -2.49. The highest BCUT2D eigenvalue weighted by Gasteiger charge is 2.23. The summed E-state index contributed by atoms with van der Waals surface area (Å²) in [5, 5.41) is 2.94. The molecular formula is C25H33N3O4. The minimum atomic E-state index is -0.221. The van der Waals surface area contributed by atoms with Crippen LogP contribution in [0.2, 0.25) is 0 Å². The van der Waals surface area contributed by atoms with E-state index in [-0.39, 0.29) is 17.7 Å². The van der Waals surface area contributed by atoms with E-state index in [1.165, 1.54) is 0 Å². The van der Waals surface area contributed by atoms with E-state index in [1.807, 2.05) is 56.9 Å². The molecule has 2 amide bonds. The van der Waals surface area contributed by atoms with Crippen molar-refractivity contribution in [1.82, 2.24) is 4.90 Å². The number of ether oxygens (including phenoxy) is 2. The molecule has 0 radical (unpaired) electrons. The van der Waals surface area contributed by atoms with Crippen LogP contribution in [-0.2, 0) is 4.79 Å². The summed E-state index contributed by atoms with van der Waals surface area (Å²) in [6.07, 6.45) is 0. The van der Waals surface area contributed by atoms with Gasteiger partial charge >= 0.3 is 0 Å². The van der Waals surface area contributed by atoms with Crippen molar-refractivity contribution < 1.29 is 19.1 Å². The van der Waals surface area contributed by atoms with Crippen molar-refractivity contribution in [3.8, 4) is 11.5 Å². The van der Waals surface area contributed by atoms with Crippen LogP contribution >= 0.6 is 0 Å². The number of benzene rings is 2. The zero-order chi connectivity index (χ0) is 23.1. The van der Waals surface area contributed by atoms with Crippen LogP contribution in [0.1, 0.15) is 38.1 Å². The first-order chi connectivity index (χ1) is 15.4. The molecule has 1 aliphatic heterocycles. The van der Waals surface area contributed by atoms with Crippen LogP contribution in [0.4, 0.5) is 11.4 Å². The molecule has 2 aromatic rings. The lowest BCUT2D eigenvalue weighted by Gasteiger charge is -2.37. The van der Waals surface area contributed by atoms with Crippen LogP contribution in [0.5, 0.6) is 11.5 Å². The molecule has 0 unspecified atom stereocenters. The zero-order valence-corrected chi connectivity index (χ0v) is 19.4. The average Bonchev–Trinajstić information content (AvgIpc) is 2.79. The number of carbonyl (C=O) groups is 2. The highest BCUT2D eigenvalue weighted by atomic mass is 16.5. The highest BCUT2D eigenvalue weighted by Crippen LogP contribution is 2.25. The molecule has 32 heavy (non-hydrogen) atoms. The summed E-state index contributed by atoms with van der Waals surface area (Å²) in [5.41, 5.74) is 2.28. The van der Waals surface area contributed by atoms with Gasteiger partial charge in [0.05, 0.1) is 13.2 Å². The Morgan fingerprint density at radius 3 is 1.97 bits per heavy atom. The SMILES string of the molecule is CCOc1cc(OCC)cc(C(=O)Nc2ccc(N3CCN(C(=O)C(C)C)CC3)cc2)c1. The molecule has 1 saturated heterocycles. The predicted molar refractivity (Wildman–Crippen MR) is 127 cm³/mol. The topological polar surface area (TPSA) is 71.1 Å². The maximum absolute atomic E-state index is 12.8. The van der Waals surface area contributed by atoms with Gasteiger partial charge in [-0.15, -0.1) is 0 Å². The molecule has 0 saturated carbocycles. The first-order valence-electron chi connectivity index (χ1n) is 11.3. The summed E-state index contributed by atoms with van der Waals surface area (Å²) >= 11 is 0. The van der Waals surface area contributed by atoms with Crippen LogP contribution in [0.15, 0.2) is 42.5 Å². The van der Waals surface area contributed by atoms with E-state index in [2.05, 4.69) is 10.2 Å². The summed E-state index contributed by atoms with van der Waals surface area (Å²) in [5.74, 6) is 1.23. The van der Waals surface area contributed by atoms with Gasteiger partial charge in [0.2, 0.25) is 5.91 Å². The Morgan fingerprint density at radius 1 is 0.906 bits per heavy atom. The molecule has 1 N–H and O–H groups in total. The van der Waals surface area contributed by atoms with Gasteiger partial charge in [-0.25, -0.2) is 0 Å². The molecule has 0 aromatic heterocycles. The normalized spacial score (nSPS) is 13.8. The van der Waals surface area contributed by atoms with Gasteiger partial charge in [0.1, 0.15) is 11.5 Å². The van der Waals surface area contributed by atoms with E-state index in [0.29, 0.717) is 36.0 Å². The lowest BCUT2D eigenvalue weighted by molar-refractivity contribution is -0.134. The molecule has 3 rings (SSSR count). The second kappa shape index (κ2) is 10.9. The minimum absolute atomic E-state index is 0.0308. The third-order valence-corrected chi connectivity index (χ3v) is 5.34. The first-order valence-corrected chi connectivity index (χ1v) is 11.3. The number of carbonyl (C=O) groups excluding carboxylic acids is 2. The third kappa shape index (κ3) is 5.93. The number of hydrogen-bond donors (Lipinski definition) is 1. The van der Waals surface area contributed by atoms with Crippen molar-refractivity contribution in [2.75, 3.05) is 49.6 Å². The first kappa shape index (κ1) is 23.4. The Bertz CT molecular complexity index is 895. The average molecular weight is 440 g/mol. The molecule has 0 bridgehead atoms. The van der Waals surface area contributed by atoms with Crippen molar-refractivity contribution in [3.05, 3.63) is 48.0 Å². The molecule has 0 atom stereocenters. The lowest BCUT2D eigenvalue weighted by atomic mass is 10.1. The van der Waals surface area contributed by atoms with Gasteiger partial charge in [0, 0.05) is 55.1 Å². The Labute approximate surface area is 190 Å². The van der Waals surface area contributed by atoms with Gasteiger partial charge in [0.25, 0.3) is 5.91 Å². The Balaban J connectivity index is 1.62. The number of amides is 2. The number of nitrogens with zero attached hydrogens (tertiary/aromatic N) is 2. The highest BCUT2D eigenvalue weighted by molar-refractivity contribution is 6.04. The van der Waals surface area contributed by atoms with Crippen molar-refractivity contribution in [3.63, 3.8) is 0 Å². The number of piperazine rings is 1. The van der Waals surface area contributed by atoms with Gasteiger partial charge in [-0.05, 0) is 50.2 Å². The van der Waals surface area contributed by atoms with Gasteiger partial charge in [-0.2, -0.15) is 0 Å². The van der Waals surface area contributed by atoms with Crippen LogP contribution in [0, 0.1) is 5.92 Å². The maximum Gasteiger partial charge on any atom is 0.255 e. The monoisotopic (exact) mass is 439 g/mol. The van der Waals surface area contributed by atoms with E-state index >= 15 is 0 Å². The Morgan fingerprint density at radius 2 is 1.47 bits per heavy atom. The second-order valence-corrected chi connectivity index (χ2v) is 8.03. The summed E-state index contributed by atoms with van der Waals surface area (Å²) in [6, 6.07) is 13.0. The van der Waals surface area contributed by atoms with Crippen molar-refractivity contribution >= 4 is 23.2 Å². The van der Waals surface area contributed by atoms with E-state index in [0.717, 1.165) is 31.9 Å². The molecule has 1 fully saturated rings. The standard InChI is InChI=1S/C25H33N3O4/c1-5-31-22-15-19(16-23(17-22)32-6-2)24(29)26-20-7-9-21(10-8-20)27-11-13-28(14-12-27)25(30)18(3)4/h7-10,15-18H,5-6,11-14H2,1-4H3,(H,26,29). The molecule has 1 heterocycles. The van der Waals surface area contributed by atoms with Crippen molar-refractivity contribution in [2.45, 2.75) is 27.7 Å². The van der Waals surface area contributed by atoms with Gasteiger partial charge in [-0.3, -0.25) is 9.59 Å². The Kier molecular flexibility index (Phi) is 7.98. The van der Waals surface area contributed by atoms with Crippen LogP contribution in [0.25, 0.3) is 0 Å². The number of anilines is 2. The molecule has 2 aromatic carbocycles. The molecule has 1 aliphatic rings. The summed E-state index contributed by atoms with van der Waals surface area (Å²) < 4.78 is 11.1. The zero-order valence-electron chi connectivity index (χ0n) is 19.4. The van der Waals surface area contributed by atoms with E-state index in [4.69, 9.17) is 9.47 Å². The fourth-order valence-corrected chi connectivity index (χ4v) is 3.71. The smallest absolute Gasteiger partial charge is 0.255 e. The Hall–Kier alpha value is -3.22. The summed E-state index contributed by atoms with van der Waals surface area (Å²) in [4.78, 5) is 29.2. The molecular weight excluding hydrogens is 406 g/mol. The van der Waals surface area contributed by atoms with Crippen molar-refractivity contribution in [1.29, 1.82) is 0 Å². The molecule has 7 heteroatoms. The third-order valence-electron chi connectivity index (χ3n) is 5.34. The second-order valence-electron chi connectivity index (χ2n) is 8.03.